The Kier molecular flexibility index (Phi) is 6.63. The maximum Gasteiger partial charge on any atom is 0.254 e. The Morgan fingerprint density at radius 2 is 1.71 bits per heavy atom. The molecule has 194 valence electrons. The number of aryl methyl sites for hydroxylation is 1. The van der Waals surface area contributed by atoms with Crippen LogP contribution in [0.15, 0.2) is 67.0 Å². The number of hydrogen-bond donors (Lipinski definition) is 1. The number of carbonyl (C=O) groups is 1. The number of benzene rings is 3. The van der Waals surface area contributed by atoms with Gasteiger partial charge in [-0.15, -0.1) is 0 Å². The Morgan fingerprint density at radius 1 is 1.03 bits per heavy atom. The number of aromatic nitrogens is 2. The predicted molar refractivity (Wildman–Crippen MR) is 144 cm³/mol. The first-order valence-corrected chi connectivity index (χ1v) is 12.1. The maximum atomic E-state index is 13.5. The number of carbonyl (C=O) groups excluding carboxylic acids is 1. The largest absolute Gasteiger partial charge is 0.497 e. The number of rotatable bonds is 7. The van der Waals surface area contributed by atoms with Gasteiger partial charge in [-0.2, -0.15) is 0 Å². The summed E-state index contributed by atoms with van der Waals surface area (Å²) in [6.07, 6.45) is 3.97. The van der Waals surface area contributed by atoms with Crippen LogP contribution in [0, 0.1) is 5.82 Å². The molecule has 0 saturated carbocycles. The van der Waals surface area contributed by atoms with Crippen molar-refractivity contribution in [3.05, 3.63) is 95.1 Å². The summed E-state index contributed by atoms with van der Waals surface area (Å²) in [4.78, 5) is 19.7. The molecule has 0 saturated heterocycles. The van der Waals surface area contributed by atoms with Gasteiger partial charge in [0.1, 0.15) is 23.7 Å². The van der Waals surface area contributed by atoms with Crippen molar-refractivity contribution >= 4 is 27.6 Å². The zero-order chi connectivity index (χ0) is 27.0. The van der Waals surface area contributed by atoms with Crippen LogP contribution in [-0.4, -0.2) is 46.7 Å². The average molecular weight is 514 g/mol. The Morgan fingerprint density at radius 3 is 2.37 bits per heavy atom. The van der Waals surface area contributed by atoms with Gasteiger partial charge in [0.05, 0.1) is 18.1 Å². The number of fused-ring (bicyclic) bond motifs is 2. The third kappa shape index (κ3) is 4.61. The van der Waals surface area contributed by atoms with Crippen LogP contribution in [0.5, 0.6) is 17.4 Å². The van der Waals surface area contributed by atoms with Crippen molar-refractivity contribution in [3.63, 3.8) is 0 Å². The summed E-state index contributed by atoms with van der Waals surface area (Å²) in [5.41, 5.74) is 3.59. The third-order valence-electron chi connectivity index (χ3n) is 6.56. The summed E-state index contributed by atoms with van der Waals surface area (Å²) in [7, 11) is 6.70. The molecule has 0 fully saturated rings. The number of ether oxygens (including phenoxy) is 2. The Labute approximate surface area is 219 Å². The minimum Gasteiger partial charge on any atom is -0.497 e. The van der Waals surface area contributed by atoms with E-state index in [9.17, 15) is 14.3 Å². The fraction of sp³-hybridized carbons (Fsp3) is 0.200. The Bertz CT molecular complexity index is 1640. The van der Waals surface area contributed by atoms with Crippen molar-refractivity contribution in [2.75, 3.05) is 21.2 Å². The van der Waals surface area contributed by atoms with Gasteiger partial charge in [0.25, 0.3) is 5.91 Å². The number of halogens is 1. The average Bonchev–Trinajstić information content (AvgIpc) is 3.21. The minimum absolute atomic E-state index is 0.0170. The van der Waals surface area contributed by atoms with Crippen molar-refractivity contribution < 1.29 is 23.8 Å². The summed E-state index contributed by atoms with van der Waals surface area (Å²) in [6, 6.07) is 15.7. The van der Waals surface area contributed by atoms with Crippen LogP contribution in [0.2, 0.25) is 0 Å². The number of pyridine rings is 1. The van der Waals surface area contributed by atoms with E-state index >= 15 is 0 Å². The molecule has 0 bridgehead atoms. The van der Waals surface area contributed by atoms with E-state index in [2.05, 4.69) is 0 Å². The zero-order valence-corrected chi connectivity index (χ0v) is 21.7. The van der Waals surface area contributed by atoms with Crippen LogP contribution in [-0.2, 0) is 20.1 Å². The molecule has 3 aromatic carbocycles. The van der Waals surface area contributed by atoms with Crippen LogP contribution in [0.3, 0.4) is 0 Å². The van der Waals surface area contributed by atoms with E-state index in [1.165, 1.54) is 17.0 Å². The summed E-state index contributed by atoms with van der Waals surface area (Å²) in [5.74, 6) is 0.607. The molecule has 5 aromatic rings. The highest BCUT2D eigenvalue weighted by Gasteiger charge is 2.26. The first-order chi connectivity index (χ1) is 18.3. The van der Waals surface area contributed by atoms with E-state index in [4.69, 9.17) is 14.5 Å². The second kappa shape index (κ2) is 10.0. The minimum atomic E-state index is -0.297. The Hall–Kier alpha value is -4.59. The van der Waals surface area contributed by atoms with E-state index in [1.807, 2.05) is 30.3 Å². The molecular formula is C30H28FN3O4. The molecule has 2 aromatic heterocycles. The molecule has 38 heavy (non-hydrogen) atoms. The van der Waals surface area contributed by atoms with Crippen molar-refractivity contribution in [1.29, 1.82) is 0 Å². The molecule has 0 atom stereocenters. The second-order valence-electron chi connectivity index (χ2n) is 9.44. The molecule has 0 aliphatic rings. The highest BCUT2D eigenvalue weighted by Crippen LogP contribution is 2.43. The third-order valence-corrected chi connectivity index (χ3v) is 6.56. The molecule has 0 spiro atoms. The molecule has 5 rings (SSSR count). The van der Waals surface area contributed by atoms with E-state index in [0.717, 1.165) is 22.4 Å². The number of methoxy groups -OCH3 is 1. The smallest absolute Gasteiger partial charge is 0.254 e. The van der Waals surface area contributed by atoms with E-state index in [-0.39, 0.29) is 24.2 Å². The standard InChI is InChI=1S/C30H28FN3O4/c1-33(2)29(35)25-23-14-20(13-18-5-9-21(31)10-6-18)15-32-27(23)28(26-24(25)16-34(3)30(26)36)38-17-19-7-11-22(37-4)12-8-19/h5-12,14-16,36H,13,17H2,1-4H3. The van der Waals surface area contributed by atoms with E-state index in [1.54, 1.807) is 57.3 Å². The lowest BCUT2D eigenvalue weighted by Crippen LogP contribution is -2.22. The lowest BCUT2D eigenvalue weighted by Gasteiger charge is -2.18. The topological polar surface area (TPSA) is 76.8 Å². The molecule has 0 aliphatic heterocycles. The monoisotopic (exact) mass is 513 g/mol. The van der Waals surface area contributed by atoms with Gasteiger partial charge in [0.15, 0.2) is 5.75 Å². The molecule has 0 aliphatic carbocycles. The van der Waals surface area contributed by atoms with Gasteiger partial charge in [0.2, 0.25) is 5.88 Å². The highest BCUT2D eigenvalue weighted by molar-refractivity contribution is 6.21. The number of amides is 1. The van der Waals surface area contributed by atoms with Crippen molar-refractivity contribution in [2.24, 2.45) is 7.05 Å². The summed E-state index contributed by atoms with van der Waals surface area (Å²) in [5, 5.41) is 12.6. The summed E-state index contributed by atoms with van der Waals surface area (Å²) >= 11 is 0. The quantitative estimate of drug-likeness (QED) is 0.313. The van der Waals surface area contributed by atoms with Crippen LogP contribution in [0.4, 0.5) is 4.39 Å². The number of hydrogen-bond acceptors (Lipinski definition) is 5. The van der Waals surface area contributed by atoms with Gasteiger partial charge in [-0.1, -0.05) is 24.3 Å². The first-order valence-electron chi connectivity index (χ1n) is 12.1. The highest BCUT2D eigenvalue weighted by atomic mass is 19.1. The van der Waals surface area contributed by atoms with Gasteiger partial charge < -0.3 is 24.0 Å². The Balaban J connectivity index is 1.69. The lowest BCUT2D eigenvalue weighted by molar-refractivity contribution is 0.0831. The summed E-state index contributed by atoms with van der Waals surface area (Å²) < 4.78 is 26.5. The molecule has 7 nitrogen and oxygen atoms in total. The zero-order valence-electron chi connectivity index (χ0n) is 21.7. The van der Waals surface area contributed by atoms with Crippen LogP contribution >= 0.6 is 0 Å². The van der Waals surface area contributed by atoms with Crippen molar-refractivity contribution in [3.8, 4) is 17.4 Å². The second-order valence-corrected chi connectivity index (χ2v) is 9.44. The van der Waals surface area contributed by atoms with Crippen molar-refractivity contribution in [1.82, 2.24) is 14.5 Å². The maximum absolute atomic E-state index is 13.5. The van der Waals surface area contributed by atoms with E-state index in [0.29, 0.717) is 39.4 Å². The van der Waals surface area contributed by atoms with Crippen LogP contribution in [0.1, 0.15) is 27.0 Å². The van der Waals surface area contributed by atoms with Gasteiger partial charge in [0, 0.05) is 44.3 Å². The fourth-order valence-corrected chi connectivity index (χ4v) is 4.58. The summed E-state index contributed by atoms with van der Waals surface area (Å²) in [6.45, 7) is 0.225. The van der Waals surface area contributed by atoms with Gasteiger partial charge >= 0.3 is 0 Å². The molecule has 2 heterocycles. The molecular weight excluding hydrogens is 485 g/mol. The van der Waals surface area contributed by atoms with Crippen LogP contribution < -0.4 is 9.47 Å². The van der Waals surface area contributed by atoms with Gasteiger partial charge in [-0.25, -0.2) is 4.39 Å². The van der Waals surface area contributed by atoms with Gasteiger partial charge in [-0.3, -0.25) is 9.78 Å². The SMILES string of the molecule is COc1ccc(COc2c3ncc(Cc4ccc(F)cc4)cc3c(C(=O)N(C)C)c3cn(C)c(O)c23)cc1. The molecule has 1 N–H and O–H groups in total. The number of aromatic hydroxyl groups is 1. The fourth-order valence-electron chi connectivity index (χ4n) is 4.58. The predicted octanol–water partition coefficient (Wildman–Crippen LogP) is 5.45. The van der Waals surface area contributed by atoms with E-state index < -0.39 is 0 Å². The normalized spacial score (nSPS) is 11.2. The first kappa shape index (κ1) is 25.1. The van der Waals surface area contributed by atoms with Gasteiger partial charge in [-0.05, 0) is 53.4 Å². The van der Waals surface area contributed by atoms with Crippen molar-refractivity contribution in [2.45, 2.75) is 13.0 Å². The molecule has 0 unspecified atom stereocenters. The molecule has 0 radical (unpaired) electrons. The molecule has 8 heteroatoms. The molecule has 1 amide bonds. The van der Waals surface area contributed by atoms with Crippen LogP contribution in [0.25, 0.3) is 21.7 Å². The lowest BCUT2D eigenvalue weighted by atomic mass is 9.97. The number of nitrogens with zero attached hydrogens (tertiary/aromatic N) is 3.